The topological polar surface area (TPSA) is 83.8 Å². The minimum atomic E-state index is -0.180. The van der Waals surface area contributed by atoms with Gasteiger partial charge in [0.15, 0.2) is 5.69 Å². The van der Waals surface area contributed by atoms with Crippen molar-refractivity contribution in [2.24, 2.45) is 11.7 Å². The first kappa shape index (κ1) is 14.2. The lowest BCUT2D eigenvalue weighted by atomic mass is 10.1. The number of carbonyl (C=O) groups is 1. The molecular weight excluding hydrogens is 284 g/mol. The van der Waals surface area contributed by atoms with Crippen molar-refractivity contribution in [1.29, 1.82) is 0 Å². The van der Waals surface area contributed by atoms with E-state index in [1.54, 1.807) is 0 Å². The van der Waals surface area contributed by atoms with Crippen LogP contribution in [0.15, 0.2) is 4.47 Å². The summed E-state index contributed by atoms with van der Waals surface area (Å²) in [4.78, 5) is 11.9. The standard InChI is InChI=1S/C11H19BrN4O/c1-6(2)9-8(12)10(16-15-9)11(17)14-5-7(3)4-13/h6-7H,4-5,13H2,1-3H3,(H,14,17)(H,15,16). The van der Waals surface area contributed by atoms with Gasteiger partial charge in [-0.1, -0.05) is 20.8 Å². The Morgan fingerprint density at radius 2 is 2.18 bits per heavy atom. The molecule has 17 heavy (non-hydrogen) atoms. The monoisotopic (exact) mass is 302 g/mol. The fraction of sp³-hybridized carbons (Fsp3) is 0.636. The molecule has 6 heteroatoms. The first-order valence-electron chi connectivity index (χ1n) is 5.69. The molecule has 96 valence electrons. The van der Waals surface area contributed by atoms with Gasteiger partial charge in [-0.15, -0.1) is 0 Å². The van der Waals surface area contributed by atoms with Crippen LogP contribution in [-0.4, -0.2) is 29.2 Å². The zero-order valence-electron chi connectivity index (χ0n) is 10.4. The highest BCUT2D eigenvalue weighted by Gasteiger charge is 2.19. The van der Waals surface area contributed by atoms with Crippen LogP contribution in [0.5, 0.6) is 0 Å². The van der Waals surface area contributed by atoms with E-state index >= 15 is 0 Å². The number of aromatic nitrogens is 2. The quantitative estimate of drug-likeness (QED) is 0.773. The SMILES string of the molecule is CC(CN)CNC(=O)c1n[nH]c(C(C)C)c1Br. The molecule has 1 aromatic rings. The predicted molar refractivity (Wildman–Crippen MR) is 70.9 cm³/mol. The lowest BCUT2D eigenvalue weighted by Crippen LogP contribution is -2.31. The van der Waals surface area contributed by atoms with Crippen molar-refractivity contribution in [3.63, 3.8) is 0 Å². The highest BCUT2D eigenvalue weighted by Crippen LogP contribution is 2.25. The van der Waals surface area contributed by atoms with Gasteiger partial charge in [-0.25, -0.2) is 0 Å². The van der Waals surface area contributed by atoms with Crippen LogP contribution in [0.4, 0.5) is 0 Å². The van der Waals surface area contributed by atoms with Gasteiger partial charge in [-0.3, -0.25) is 9.89 Å². The van der Waals surface area contributed by atoms with Crippen molar-refractivity contribution in [2.45, 2.75) is 26.7 Å². The van der Waals surface area contributed by atoms with Gasteiger partial charge in [-0.05, 0) is 34.3 Å². The molecule has 1 aromatic heterocycles. The van der Waals surface area contributed by atoms with Crippen LogP contribution in [0.25, 0.3) is 0 Å². The Balaban J connectivity index is 2.70. The van der Waals surface area contributed by atoms with E-state index < -0.39 is 0 Å². The van der Waals surface area contributed by atoms with Gasteiger partial charge < -0.3 is 11.1 Å². The minimum Gasteiger partial charge on any atom is -0.350 e. The second-order valence-electron chi connectivity index (χ2n) is 4.51. The van der Waals surface area contributed by atoms with Crippen molar-refractivity contribution in [2.75, 3.05) is 13.1 Å². The predicted octanol–water partition coefficient (Wildman–Crippen LogP) is 1.62. The largest absolute Gasteiger partial charge is 0.350 e. The Morgan fingerprint density at radius 1 is 1.53 bits per heavy atom. The molecule has 0 saturated heterocycles. The Hall–Kier alpha value is -0.880. The van der Waals surface area contributed by atoms with Crippen molar-refractivity contribution >= 4 is 21.8 Å². The van der Waals surface area contributed by atoms with E-state index in [2.05, 4.69) is 31.4 Å². The molecule has 0 fully saturated rings. The van der Waals surface area contributed by atoms with Gasteiger partial charge >= 0.3 is 0 Å². The molecule has 0 aliphatic heterocycles. The Morgan fingerprint density at radius 3 is 2.65 bits per heavy atom. The fourth-order valence-electron chi connectivity index (χ4n) is 1.31. The van der Waals surface area contributed by atoms with Gasteiger partial charge in [0.2, 0.25) is 0 Å². The zero-order valence-corrected chi connectivity index (χ0v) is 12.0. The third kappa shape index (κ3) is 3.54. The maximum Gasteiger partial charge on any atom is 0.272 e. The Kier molecular flexibility index (Phi) is 5.14. The summed E-state index contributed by atoms with van der Waals surface area (Å²) in [6.45, 7) is 7.18. The molecule has 0 aliphatic rings. The molecule has 0 aromatic carbocycles. The average molecular weight is 303 g/mol. The van der Waals surface area contributed by atoms with E-state index in [-0.39, 0.29) is 11.8 Å². The number of hydrogen-bond acceptors (Lipinski definition) is 3. The number of H-pyrrole nitrogens is 1. The van der Waals surface area contributed by atoms with Gasteiger partial charge in [0.25, 0.3) is 5.91 Å². The van der Waals surface area contributed by atoms with Gasteiger partial charge in [0, 0.05) is 6.54 Å². The lowest BCUT2D eigenvalue weighted by molar-refractivity contribution is 0.0943. The highest BCUT2D eigenvalue weighted by molar-refractivity contribution is 9.10. The number of halogens is 1. The second kappa shape index (κ2) is 6.16. The van der Waals surface area contributed by atoms with Crippen molar-refractivity contribution in [3.05, 3.63) is 15.9 Å². The van der Waals surface area contributed by atoms with E-state index in [1.807, 2.05) is 20.8 Å². The van der Waals surface area contributed by atoms with Crippen LogP contribution >= 0.6 is 15.9 Å². The summed E-state index contributed by atoms with van der Waals surface area (Å²) >= 11 is 3.40. The first-order valence-corrected chi connectivity index (χ1v) is 6.48. The number of rotatable bonds is 5. The summed E-state index contributed by atoms with van der Waals surface area (Å²) in [5.41, 5.74) is 6.82. The molecule has 0 saturated carbocycles. The van der Waals surface area contributed by atoms with Crippen LogP contribution in [0, 0.1) is 5.92 Å². The number of carbonyl (C=O) groups excluding carboxylic acids is 1. The summed E-state index contributed by atoms with van der Waals surface area (Å²) in [7, 11) is 0. The molecule has 1 atom stereocenters. The molecule has 1 amide bonds. The van der Waals surface area contributed by atoms with E-state index in [4.69, 9.17) is 5.73 Å². The number of nitrogens with zero attached hydrogens (tertiary/aromatic N) is 1. The summed E-state index contributed by atoms with van der Waals surface area (Å²) in [5, 5.41) is 9.71. The van der Waals surface area contributed by atoms with Crippen LogP contribution < -0.4 is 11.1 Å². The molecule has 1 heterocycles. The molecule has 1 unspecified atom stereocenters. The van der Waals surface area contributed by atoms with Crippen molar-refractivity contribution in [1.82, 2.24) is 15.5 Å². The molecule has 0 spiro atoms. The third-order valence-corrected chi connectivity index (χ3v) is 3.34. The molecular formula is C11H19BrN4O. The van der Waals surface area contributed by atoms with Crippen LogP contribution in [0.3, 0.4) is 0 Å². The van der Waals surface area contributed by atoms with E-state index in [1.165, 1.54) is 0 Å². The molecule has 0 bridgehead atoms. The number of amides is 1. The molecule has 0 radical (unpaired) electrons. The van der Waals surface area contributed by atoms with Crippen molar-refractivity contribution in [3.8, 4) is 0 Å². The second-order valence-corrected chi connectivity index (χ2v) is 5.30. The molecule has 5 nitrogen and oxygen atoms in total. The minimum absolute atomic E-state index is 0.180. The summed E-state index contributed by atoms with van der Waals surface area (Å²) in [6.07, 6.45) is 0. The zero-order chi connectivity index (χ0) is 13.0. The number of aromatic amines is 1. The third-order valence-electron chi connectivity index (χ3n) is 2.54. The molecule has 0 aliphatic carbocycles. The van der Waals surface area contributed by atoms with E-state index in [0.29, 0.717) is 24.7 Å². The number of hydrogen-bond donors (Lipinski definition) is 3. The van der Waals surface area contributed by atoms with Crippen LogP contribution in [0.2, 0.25) is 0 Å². The average Bonchev–Trinajstić information content (AvgIpc) is 2.67. The lowest BCUT2D eigenvalue weighted by Gasteiger charge is -2.09. The van der Waals surface area contributed by atoms with Crippen LogP contribution in [0.1, 0.15) is 42.9 Å². The summed E-state index contributed by atoms with van der Waals surface area (Å²) < 4.78 is 0.741. The highest BCUT2D eigenvalue weighted by atomic mass is 79.9. The Labute approximate surface area is 110 Å². The smallest absolute Gasteiger partial charge is 0.272 e. The summed E-state index contributed by atoms with van der Waals surface area (Å²) in [5.74, 6) is 0.378. The van der Waals surface area contributed by atoms with Gasteiger partial charge in [0.05, 0.1) is 10.2 Å². The normalized spacial score (nSPS) is 12.8. The van der Waals surface area contributed by atoms with Gasteiger partial charge in [-0.2, -0.15) is 5.10 Å². The number of nitrogens with two attached hydrogens (primary N) is 1. The van der Waals surface area contributed by atoms with Crippen LogP contribution in [-0.2, 0) is 0 Å². The molecule has 4 N–H and O–H groups in total. The Bertz CT molecular complexity index is 389. The summed E-state index contributed by atoms with van der Waals surface area (Å²) in [6, 6.07) is 0. The maximum absolute atomic E-state index is 11.9. The maximum atomic E-state index is 11.9. The molecule has 1 rings (SSSR count). The first-order chi connectivity index (χ1) is 7.97. The van der Waals surface area contributed by atoms with Gasteiger partial charge in [0.1, 0.15) is 0 Å². The van der Waals surface area contributed by atoms with E-state index in [0.717, 1.165) is 10.2 Å². The van der Waals surface area contributed by atoms with E-state index in [9.17, 15) is 4.79 Å². The fourth-order valence-corrected chi connectivity index (χ4v) is 2.12. The van der Waals surface area contributed by atoms with Crippen molar-refractivity contribution < 1.29 is 4.79 Å². The number of nitrogens with one attached hydrogen (secondary N) is 2.